The lowest BCUT2D eigenvalue weighted by Gasteiger charge is -2.24. The summed E-state index contributed by atoms with van der Waals surface area (Å²) in [5.74, 6) is -0.687. The summed E-state index contributed by atoms with van der Waals surface area (Å²) < 4.78 is 0. The molecule has 4 heteroatoms. The van der Waals surface area contributed by atoms with Gasteiger partial charge in [-0.2, -0.15) is 0 Å². The SMILES string of the molecule is C=CCN(C(C)=O)C(C)C(N)=O. The van der Waals surface area contributed by atoms with Gasteiger partial charge in [-0.3, -0.25) is 9.59 Å². The van der Waals surface area contributed by atoms with Crippen molar-refractivity contribution in [2.75, 3.05) is 6.54 Å². The first kappa shape index (κ1) is 10.7. The molecule has 2 N–H and O–H groups in total. The molecule has 2 amide bonds. The van der Waals surface area contributed by atoms with Crippen LogP contribution in [-0.2, 0) is 9.59 Å². The lowest BCUT2D eigenvalue weighted by atomic mass is 10.2. The third kappa shape index (κ3) is 2.74. The molecular weight excluding hydrogens is 156 g/mol. The number of hydrogen-bond acceptors (Lipinski definition) is 2. The predicted molar refractivity (Wildman–Crippen MR) is 46.2 cm³/mol. The number of primary amides is 1. The van der Waals surface area contributed by atoms with Crippen molar-refractivity contribution in [1.82, 2.24) is 4.90 Å². The van der Waals surface area contributed by atoms with Crippen LogP contribution in [0.1, 0.15) is 13.8 Å². The average molecular weight is 170 g/mol. The number of hydrogen-bond donors (Lipinski definition) is 1. The molecule has 0 saturated heterocycles. The largest absolute Gasteiger partial charge is 0.368 e. The van der Waals surface area contributed by atoms with Crippen LogP contribution >= 0.6 is 0 Å². The molecule has 0 bridgehead atoms. The summed E-state index contributed by atoms with van der Waals surface area (Å²) in [5, 5.41) is 0. The Kier molecular flexibility index (Phi) is 4.04. The first-order valence-corrected chi connectivity index (χ1v) is 3.68. The van der Waals surface area contributed by atoms with Gasteiger partial charge >= 0.3 is 0 Å². The molecule has 0 heterocycles. The molecule has 1 unspecified atom stereocenters. The quantitative estimate of drug-likeness (QED) is 0.598. The topological polar surface area (TPSA) is 63.4 Å². The fourth-order valence-corrected chi connectivity index (χ4v) is 0.852. The Morgan fingerprint density at radius 1 is 1.67 bits per heavy atom. The lowest BCUT2D eigenvalue weighted by Crippen LogP contribution is -2.45. The van der Waals surface area contributed by atoms with Gasteiger partial charge in [0.25, 0.3) is 0 Å². The van der Waals surface area contributed by atoms with Gasteiger partial charge in [-0.25, -0.2) is 0 Å². The number of nitrogens with two attached hydrogens (primary N) is 1. The molecule has 0 rings (SSSR count). The van der Waals surface area contributed by atoms with E-state index in [1.54, 1.807) is 13.0 Å². The number of rotatable bonds is 4. The van der Waals surface area contributed by atoms with E-state index in [1.165, 1.54) is 11.8 Å². The van der Waals surface area contributed by atoms with E-state index in [0.29, 0.717) is 6.54 Å². The molecule has 68 valence electrons. The maximum atomic E-state index is 11.0. The zero-order valence-electron chi connectivity index (χ0n) is 7.41. The maximum absolute atomic E-state index is 11.0. The highest BCUT2D eigenvalue weighted by molar-refractivity contribution is 5.85. The number of nitrogens with zero attached hydrogens (tertiary/aromatic N) is 1. The average Bonchev–Trinajstić information content (AvgIpc) is 1.98. The zero-order chi connectivity index (χ0) is 9.72. The lowest BCUT2D eigenvalue weighted by molar-refractivity contribution is -0.136. The summed E-state index contributed by atoms with van der Waals surface area (Å²) in [6.07, 6.45) is 1.56. The van der Waals surface area contributed by atoms with Crippen LogP contribution in [-0.4, -0.2) is 29.3 Å². The number of carbonyl (C=O) groups is 2. The second-order valence-electron chi connectivity index (χ2n) is 2.54. The Morgan fingerprint density at radius 2 is 2.17 bits per heavy atom. The summed E-state index contributed by atoms with van der Waals surface area (Å²) in [4.78, 5) is 23.0. The molecule has 0 saturated carbocycles. The van der Waals surface area contributed by atoms with Crippen LogP contribution in [0.15, 0.2) is 12.7 Å². The minimum absolute atomic E-state index is 0.179. The molecule has 0 aliphatic rings. The first-order valence-electron chi connectivity index (χ1n) is 3.68. The normalized spacial score (nSPS) is 11.8. The minimum Gasteiger partial charge on any atom is -0.368 e. The van der Waals surface area contributed by atoms with E-state index < -0.39 is 11.9 Å². The van der Waals surface area contributed by atoms with Crippen molar-refractivity contribution in [3.63, 3.8) is 0 Å². The molecule has 0 fully saturated rings. The smallest absolute Gasteiger partial charge is 0.239 e. The van der Waals surface area contributed by atoms with Crippen LogP contribution in [0.3, 0.4) is 0 Å². The van der Waals surface area contributed by atoms with Gasteiger partial charge in [0.1, 0.15) is 6.04 Å². The maximum Gasteiger partial charge on any atom is 0.239 e. The standard InChI is InChI=1S/C8H14N2O2/c1-4-5-10(7(3)11)6(2)8(9)12/h4,6H,1,5H2,2-3H3,(H2,9,12). The Balaban J connectivity index is 4.38. The van der Waals surface area contributed by atoms with E-state index in [0.717, 1.165) is 0 Å². The van der Waals surface area contributed by atoms with Gasteiger partial charge in [0, 0.05) is 13.5 Å². The molecule has 0 aromatic carbocycles. The number of carbonyl (C=O) groups excluding carboxylic acids is 2. The highest BCUT2D eigenvalue weighted by atomic mass is 16.2. The van der Waals surface area contributed by atoms with Crippen molar-refractivity contribution >= 4 is 11.8 Å². The van der Waals surface area contributed by atoms with E-state index in [-0.39, 0.29) is 5.91 Å². The fraction of sp³-hybridized carbons (Fsp3) is 0.500. The Bertz CT molecular complexity index is 201. The van der Waals surface area contributed by atoms with Crippen molar-refractivity contribution in [2.45, 2.75) is 19.9 Å². The third-order valence-corrected chi connectivity index (χ3v) is 1.61. The zero-order valence-corrected chi connectivity index (χ0v) is 7.41. The monoisotopic (exact) mass is 170 g/mol. The summed E-state index contributed by atoms with van der Waals surface area (Å²) in [7, 11) is 0. The molecule has 0 aliphatic carbocycles. The highest BCUT2D eigenvalue weighted by Gasteiger charge is 2.19. The second-order valence-corrected chi connectivity index (χ2v) is 2.54. The van der Waals surface area contributed by atoms with E-state index in [2.05, 4.69) is 6.58 Å². The van der Waals surface area contributed by atoms with Crippen molar-refractivity contribution in [2.24, 2.45) is 5.73 Å². The first-order chi connectivity index (χ1) is 5.50. The molecule has 0 aromatic rings. The molecule has 0 spiro atoms. The number of amides is 2. The Hall–Kier alpha value is -1.32. The van der Waals surface area contributed by atoms with Crippen LogP contribution in [0, 0.1) is 0 Å². The molecule has 0 aromatic heterocycles. The van der Waals surface area contributed by atoms with Gasteiger partial charge < -0.3 is 10.6 Å². The summed E-state index contributed by atoms with van der Waals surface area (Å²) in [6, 6.07) is -0.569. The Morgan fingerprint density at radius 3 is 2.42 bits per heavy atom. The molecule has 4 nitrogen and oxygen atoms in total. The summed E-state index contributed by atoms with van der Waals surface area (Å²) in [5.41, 5.74) is 5.04. The molecule has 12 heavy (non-hydrogen) atoms. The van der Waals surface area contributed by atoms with Gasteiger partial charge in [0.05, 0.1) is 0 Å². The van der Waals surface area contributed by atoms with Crippen LogP contribution in [0.2, 0.25) is 0 Å². The molecule has 0 radical (unpaired) electrons. The van der Waals surface area contributed by atoms with Crippen molar-refractivity contribution < 1.29 is 9.59 Å². The van der Waals surface area contributed by atoms with Gasteiger partial charge in [0.2, 0.25) is 11.8 Å². The van der Waals surface area contributed by atoms with Crippen LogP contribution in [0.25, 0.3) is 0 Å². The summed E-state index contributed by atoms with van der Waals surface area (Å²) in [6.45, 7) is 6.81. The van der Waals surface area contributed by atoms with E-state index >= 15 is 0 Å². The van der Waals surface area contributed by atoms with Crippen LogP contribution in [0.4, 0.5) is 0 Å². The van der Waals surface area contributed by atoms with Crippen molar-refractivity contribution in [3.8, 4) is 0 Å². The fourth-order valence-electron chi connectivity index (χ4n) is 0.852. The van der Waals surface area contributed by atoms with Crippen LogP contribution < -0.4 is 5.73 Å². The van der Waals surface area contributed by atoms with Crippen molar-refractivity contribution in [1.29, 1.82) is 0 Å². The third-order valence-electron chi connectivity index (χ3n) is 1.61. The van der Waals surface area contributed by atoms with E-state index in [1.807, 2.05) is 0 Å². The van der Waals surface area contributed by atoms with Gasteiger partial charge in [-0.05, 0) is 6.92 Å². The molecule has 1 atom stereocenters. The van der Waals surface area contributed by atoms with Gasteiger partial charge in [-0.15, -0.1) is 6.58 Å². The van der Waals surface area contributed by atoms with Crippen LogP contribution in [0.5, 0.6) is 0 Å². The van der Waals surface area contributed by atoms with Gasteiger partial charge in [0.15, 0.2) is 0 Å². The van der Waals surface area contributed by atoms with E-state index in [4.69, 9.17) is 5.73 Å². The summed E-state index contributed by atoms with van der Waals surface area (Å²) >= 11 is 0. The Labute approximate surface area is 72.0 Å². The van der Waals surface area contributed by atoms with E-state index in [9.17, 15) is 9.59 Å². The second kappa shape index (κ2) is 4.54. The molecular formula is C8H14N2O2. The van der Waals surface area contributed by atoms with Gasteiger partial charge in [-0.1, -0.05) is 6.08 Å². The predicted octanol–water partition coefficient (Wildman–Crippen LogP) is -0.105. The molecule has 0 aliphatic heterocycles. The van der Waals surface area contributed by atoms with Crippen molar-refractivity contribution in [3.05, 3.63) is 12.7 Å². The minimum atomic E-state index is -0.569. The highest BCUT2D eigenvalue weighted by Crippen LogP contribution is 1.98.